The number of nitrogens with zero attached hydrogens (tertiary/aromatic N) is 1. The zero-order chi connectivity index (χ0) is 29.2. The largest absolute Gasteiger partial charge is 0.416 e. The van der Waals surface area contributed by atoms with Gasteiger partial charge in [-0.05, 0) is 59.9 Å². The van der Waals surface area contributed by atoms with Gasteiger partial charge in [-0.2, -0.15) is 13.2 Å². The minimum atomic E-state index is -4.76. The summed E-state index contributed by atoms with van der Waals surface area (Å²) >= 11 is 0. The van der Waals surface area contributed by atoms with Gasteiger partial charge in [0.05, 0.1) is 16.9 Å². The molecule has 3 amide bonds. The summed E-state index contributed by atoms with van der Waals surface area (Å²) in [5, 5.41) is 5.34. The monoisotopic (exact) mass is 581 g/mol. The van der Waals surface area contributed by atoms with E-state index in [1.54, 1.807) is 12.1 Å². The van der Waals surface area contributed by atoms with Crippen molar-refractivity contribution in [1.82, 2.24) is 5.32 Å². The van der Waals surface area contributed by atoms with Crippen LogP contribution >= 0.6 is 7.92 Å². The molecular weight excluding hydrogens is 555 g/mol. The number of carbonyl (C=O) groups excluding carboxylic acids is 2. The van der Waals surface area contributed by atoms with Crippen LogP contribution in [0.3, 0.4) is 0 Å². The van der Waals surface area contributed by atoms with Crippen LogP contribution in [0.25, 0.3) is 11.1 Å². The predicted molar refractivity (Wildman–Crippen MR) is 144 cm³/mol. The van der Waals surface area contributed by atoms with Crippen LogP contribution in [0.15, 0.2) is 54.6 Å². The molecular formula is C28H26F6N3O2P. The fourth-order valence-corrected chi connectivity index (χ4v) is 6.62. The van der Waals surface area contributed by atoms with Crippen molar-refractivity contribution in [2.75, 3.05) is 29.1 Å². The normalized spacial score (nSPS) is 15.6. The molecule has 40 heavy (non-hydrogen) atoms. The zero-order valence-corrected chi connectivity index (χ0v) is 22.5. The molecule has 0 radical (unpaired) electrons. The van der Waals surface area contributed by atoms with E-state index in [0.717, 1.165) is 28.6 Å². The molecule has 0 aliphatic carbocycles. The molecule has 1 fully saturated rings. The van der Waals surface area contributed by atoms with Gasteiger partial charge >= 0.3 is 12.2 Å². The maximum absolute atomic E-state index is 15.4. The molecule has 1 saturated heterocycles. The molecule has 1 heterocycles. The summed E-state index contributed by atoms with van der Waals surface area (Å²) in [6.07, 6.45) is -2.93. The lowest BCUT2D eigenvalue weighted by atomic mass is 10.0. The van der Waals surface area contributed by atoms with Gasteiger partial charge < -0.3 is 15.5 Å². The first kappa shape index (κ1) is 29.4. The van der Waals surface area contributed by atoms with Crippen LogP contribution in [0, 0.1) is 17.5 Å². The van der Waals surface area contributed by atoms with Crippen molar-refractivity contribution in [3.05, 3.63) is 77.6 Å². The Bertz CT molecular complexity index is 1430. The Morgan fingerprint density at radius 3 is 2.33 bits per heavy atom. The summed E-state index contributed by atoms with van der Waals surface area (Å²) in [5.41, 5.74) is -1.34. The van der Waals surface area contributed by atoms with Gasteiger partial charge in [-0.3, -0.25) is 4.79 Å². The summed E-state index contributed by atoms with van der Waals surface area (Å²) in [7, 11) is -0.557. The summed E-state index contributed by atoms with van der Waals surface area (Å²) in [6, 6.07) is 9.44. The Balaban J connectivity index is 1.49. The molecule has 212 valence electrons. The number of carbonyl (C=O) groups is 2. The highest BCUT2D eigenvalue weighted by molar-refractivity contribution is 7.65. The number of anilines is 2. The number of urea groups is 1. The SMILES string of the molecule is CCP(CC)c1ccccc1-c1ccc(N2CCC(NC(=O)Nc3ccc(C(F)(F)F)cc3F)C2=O)c(F)c1F. The predicted octanol–water partition coefficient (Wildman–Crippen LogP) is 6.86. The Morgan fingerprint density at radius 1 is 0.975 bits per heavy atom. The van der Waals surface area contributed by atoms with Crippen molar-refractivity contribution < 1.29 is 35.9 Å². The second-order valence-electron chi connectivity index (χ2n) is 9.07. The minimum Gasteiger partial charge on any atom is -0.326 e. The van der Waals surface area contributed by atoms with Crippen molar-refractivity contribution in [3.63, 3.8) is 0 Å². The van der Waals surface area contributed by atoms with Crippen LogP contribution in [-0.4, -0.2) is 36.8 Å². The maximum Gasteiger partial charge on any atom is 0.416 e. The second kappa shape index (κ2) is 11.9. The topological polar surface area (TPSA) is 61.4 Å². The third kappa shape index (κ3) is 5.94. The molecule has 0 aromatic heterocycles. The van der Waals surface area contributed by atoms with Gasteiger partial charge in [-0.15, -0.1) is 0 Å². The van der Waals surface area contributed by atoms with Gasteiger partial charge in [0, 0.05) is 12.1 Å². The van der Waals surface area contributed by atoms with Crippen LogP contribution < -0.4 is 20.8 Å². The Hall–Kier alpha value is -3.59. The fourth-order valence-electron chi connectivity index (χ4n) is 4.66. The molecule has 2 N–H and O–H groups in total. The molecule has 1 atom stereocenters. The van der Waals surface area contributed by atoms with Crippen LogP contribution in [0.1, 0.15) is 25.8 Å². The van der Waals surface area contributed by atoms with Crippen LogP contribution in [-0.2, 0) is 11.0 Å². The fraction of sp³-hybridized carbons (Fsp3) is 0.286. The van der Waals surface area contributed by atoms with Crippen LogP contribution in [0.4, 0.5) is 42.5 Å². The molecule has 0 bridgehead atoms. The molecule has 12 heteroatoms. The number of benzene rings is 3. The average Bonchev–Trinajstić information content (AvgIpc) is 3.26. The third-order valence-electron chi connectivity index (χ3n) is 6.71. The number of hydrogen-bond acceptors (Lipinski definition) is 2. The molecule has 3 aromatic rings. The smallest absolute Gasteiger partial charge is 0.326 e. The highest BCUT2D eigenvalue weighted by Crippen LogP contribution is 2.39. The average molecular weight is 581 g/mol. The molecule has 5 nitrogen and oxygen atoms in total. The standard InChI is InChI=1S/C28H26F6N3O2P/c1-3-40(4-2)23-8-6-5-7-17(23)18-10-12-22(25(31)24(18)30)37-14-13-21(26(37)38)36-27(39)35-20-11-9-16(15-19(20)29)28(32,33)34/h5-12,15,21H,3-4,13-14H2,1-2H3,(H2,35,36,39). The quantitative estimate of drug-likeness (QED) is 0.237. The Morgan fingerprint density at radius 2 is 1.68 bits per heavy atom. The minimum absolute atomic E-state index is 0.0261. The highest BCUT2D eigenvalue weighted by Gasteiger charge is 2.36. The van der Waals surface area contributed by atoms with Crippen molar-refractivity contribution in [2.24, 2.45) is 0 Å². The number of alkyl halides is 3. The second-order valence-corrected chi connectivity index (χ2v) is 11.9. The summed E-state index contributed by atoms with van der Waals surface area (Å²) in [6.45, 7) is 4.08. The number of halogens is 6. The van der Waals surface area contributed by atoms with Gasteiger partial charge in [0.2, 0.25) is 5.91 Å². The van der Waals surface area contributed by atoms with Crippen LogP contribution in [0.2, 0.25) is 0 Å². The first-order valence-corrected chi connectivity index (χ1v) is 14.2. The molecule has 0 saturated carbocycles. The van der Waals surface area contributed by atoms with Gasteiger partial charge in [0.15, 0.2) is 11.6 Å². The molecule has 4 rings (SSSR count). The lowest BCUT2D eigenvalue weighted by molar-refractivity contribution is -0.137. The lowest BCUT2D eigenvalue weighted by Crippen LogP contribution is -2.43. The summed E-state index contributed by atoms with van der Waals surface area (Å²) < 4.78 is 83.0. The summed E-state index contributed by atoms with van der Waals surface area (Å²) in [4.78, 5) is 26.3. The van der Waals surface area contributed by atoms with E-state index < -0.39 is 60.8 Å². The lowest BCUT2D eigenvalue weighted by Gasteiger charge is -2.21. The van der Waals surface area contributed by atoms with Crippen molar-refractivity contribution in [2.45, 2.75) is 32.5 Å². The van der Waals surface area contributed by atoms with Crippen LogP contribution in [0.5, 0.6) is 0 Å². The molecule has 0 spiro atoms. The summed E-state index contributed by atoms with van der Waals surface area (Å²) in [5.74, 6) is -4.31. The van der Waals surface area contributed by atoms with Crippen molar-refractivity contribution >= 4 is 36.5 Å². The van der Waals surface area contributed by atoms with Crippen molar-refractivity contribution in [3.8, 4) is 11.1 Å². The van der Waals surface area contributed by atoms with Gasteiger partial charge in [-0.25, -0.2) is 18.0 Å². The van der Waals surface area contributed by atoms with E-state index in [-0.39, 0.29) is 30.3 Å². The van der Waals surface area contributed by atoms with Crippen molar-refractivity contribution in [1.29, 1.82) is 0 Å². The number of nitrogens with one attached hydrogen (secondary N) is 2. The van der Waals surface area contributed by atoms with E-state index >= 15 is 8.78 Å². The number of hydrogen-bond donors (Lipinski definition) is 2. The van der Waals surface area contributed by atoms with Gasteiger partial charge in [0.1, 0.15) is 11.9 Å². The van der Waals surface area contributed by atoms with Gasteiger partial charge in [-0.1, -0.05) is 46.0 Å². The third-order valence-corrected chi connectivity index (χ3v) is 9.30. The van der Waals surface area contributed by atoms with E-state index in [2.05, 4.69) is 24.5 Å². The Labute approximate surface area is 228 Å². The maximum atomic E-state index is 15.4. The first-order chi connectivity index (χ1) is 19.0. The molecule has 3 aromatic carbocycles. The number of rotatable bonds is 7. The van der Waals surface area contributed by atoms with E-state index in [0.29, 0.717) is 11.6 Å². The number of amides is 3. The highest BCUT2D eigenvalue weighted by atomic mass is 31.1. The Kier molecular flexibility index (Phi) is 8.73. The van der Waals surface area contributed by atoms with E-state index in [4.69, 9.17) is 0 Å². The molecule has 1 unspecified atom stereocenters. The van der Waals surface area contributed by atoms with Gasteiger partial charge in [0.25, 0.3) is 0 Å². The zero-order valence-electron chi connectivity index (χ0n) is 21.6. The molecule has 1 aliphatic rings. The van der Waals surface area contributed by atoms with E-state index in [1.807, 2.05) is 12.1 Å². The van der Waals surface area contributed by atoms with E-state index in [9.17, 15) is 27.2 Å². The first-order valence-electron chi connectivity index (χ1n) is 12.5. The molecule has 1 aliphatic heterocycles. The van der Waals surface area contributed by atoms with E-state index in [1.165, 1.54) is 12.1 Å².